The summed E-state index contributed by atoms with van der Waals surface area (Å²) in [5, 5.41) is 71.3. The molecule has 45 heavy (non-hydrogen) atoms. The summed E-state index contributed by atoms with van der Waals surface area (Å²) in [5.41, 5.74) is 2.22. The number of fused-ring (bicyclic) bond motifs is 1. The number of hydrogen-bond donors (Lipinski definition) is 10. The first-order chi connectivity index (χ1) is 21.3. The van der Waals surface area contributed by atoms with Crippen molar-refractivity contribution in [2.24, 2.45) is 0 Å². The van der Waals surface area contributed by atoms with Crippen molar-refractivity contribution in [3.63, 3.8) is 0 Å². The Labute approximate surface area is 258 Å². The molecule has 0 unspecified atom stereocenters. The van der Waals surface area contributed by atoms with Gasteiger partial charge in [-0.05, 0) is 25.7 Å². The minimum absolute atomic E-state index is 0.0928. The van der Waals surface area contributed by atoms with Crippen LogP contribution in [0.1, 0.15) is 36.9 Å². The van der Waals surface area contributed by atoms with E-state index in [1.807, 2.05) is 0 Å². The SMILES string of the molecule is N=C1/C(Cl)=C\NOC(O)(O)c2cnc(N[C@H]3CC[C@H](N(C(=O)NCC(O)(O)O)c4cnc(-c5cnc(O)nc5)cn4)CC3)nc21. The van der Waals surface area contributed by atoms with Gasteiger partial charge in [0.1, 0.15) is 18.0 Å². The molecule has 2 aliphatic rings. The van der Waals surface area contributed by atoms with Gasteiger partial charge in [-0.2, -0.15) is 0 Å². The van der Waals surface area contributed by atoms with Crippen LogP contribution in [0, 0.1) is 5.41 Å². The third-order valence-electron chi connectivity index (χ3n) is 6.91. The topological polar surface area (TPSA) is 288 Å². The van der Waals surface area contributed by atoms with Crippen molar-refractivity contribution in [3.8, 4) is 17.3 Å². The van der Waals surface area contributed by atoms with Gasteiger partial charge in [-0.3, -0.25) is 20.8 Å². The first kappa shape index (κ1) is 31.8. The number of nitrogens with one attached hydrogen (secondary N) is 4. The van der Waals surface area contributed by atoms with Crippen molar-refractivity contribution in [2.75, 3.05) is 16.8 Å². The average molecular weight is 646 g/mol. The van der Waals surface area contributed by atoms with E-state index < -0.39 is 36.6 Å². The number of carbonyl (C=O) groups is 1. The van der Waals surface area contributed by atoms with Gasteiger partial charge in [-0.15, -0.1) is 0 Å². The van der Waals surface area contributed by atoms with Crippen LogP contribution in [-0.4, -0.2) is 96.9 Å². The number of amides is 2. The van der Waals surface area contributed by atoms with Gasteiger partial charge < -0.3 is 41.3 Å². The third kappa shape index (κ3) is 7.54. The highest BCUT2D eigenvalue weighted by atomic mass is 35.5. The molecule has 2 amide bonds. The molecule has 19 nitrogen and oxygen atoms in total. The molecular formula is C25H28ClN11O8. The summed E-state index contributed by atoms with van der Waals surface area (Å²) in [4.78, 5) is 43.8. The van der Waals surface area contributed by atoms with Crippen LogP contribution in [0.15, 0.2) is 42.2 Å². The quantitative estimate of drug-likeness (QED) is 0.139. The van der Waals surface area contributed by atoms with Crippen LogP contribution in [0.25, 0.3) is 11.3 Å². The van der Waals surface area contributed by atoms with Gasteiger partial charge in [0.25, 0.3) is 5.97 Å². The standard InChI is InChI=1S/C25H28ClN11O8/c26-16-8-34-45-25(43,44)15-7-30-21(36-20(15)19(16)27)35-13-1-3-14(4-2-13)37(23(39)33-11-24(40,41)42)18-10-28-17(9-29-18)12-5-31-22(38)32-6-12/h5-10,13-14,27,34,40-44H,1-4,11H2,(H,33,39)(H,30,35,36)(H,31,32,38)/b16-8+,27-19?/t13-,14-. The van der Waals surface area contributed by atoms with Gasteiger partial charge in [0.15, 0.2) is 5.82 Å². The van der Waals surface area contributed by atoms with E-state index in [9.17, 15) is 35.4 Å². The molecule has 4 heterocycles. The Morgan fingerprint density at radius 2 is 1.78 bits per heavy atom. The van der Waals surface area contributed by atoms with Crippen LogP contribution in [0.4, 0.5) is 16.6 Å². The van der Waals surface area contributed by atoms with Crippen molar-refractivity contribution in [1.82, 2.24) is 40.7 Å². The van der Waals surface area contributed by atoms with Crippen molar-refractivity contribution < 1.29 is 40.3 Å². The van der Waals surface area contributed by atoms with Crippen LogP contribution in [0.5, 0.6) is 6.01 Å². The van der Waals surface area contributed by atoms with Gasteiger partial charge in [-0.25, -0.2) is 34.6 Å². The maximum Gasteiger partial charge on any atom is 0.331 e. The minimum atomic E-state index is -3.13. The molecule has 3 aromatic heterocycles. The highest BCUT2D eigenvalue weighted by Gasteiger charge is 2.37. The largest absolute Gasteiger partial charge is 0.479 e. The van der Waals surface area contributed by atoms with Crippen LogP contribution in [-0.2, 0) is 10.8 Å². The highest BCUT2D eigenvalue weighted by molar-refractivity contribution is 6.45. The van der Waals surface area contributed by atoms with Crippen molar-refractivity contribution in [2.45, 2.75) is 49.7 Å². The lowest BCUT2D eigenvalue weighted by Crippen LogP contribution is -2.52. The molecular weight excluding hydrogens is 618 g/mol. The molecule has 0 bridgehead atoms. The number of halogens is 1. The Bertz CT molecular complexity index is 1580. The summed E-state index contributed by atoms with van der Waals surface area (Å²) in [6, 6.07) is -1.77. The smallest absolute Gasteiger partial charge is 0.331 e. The second-order valence-corrected chi connectivity index (χ2v) is 10.5. The number of aromatic nitrogens is 6. The molecule has 0 saturated heterocycles. The number of hydroxylamine groups is 1. The van der Waals surface area contributed by atoms with E-state index in [4.69, 9.17) is 21.8 Å². The second kappa shape index (κ2) is 12.8. The maximum absolute atomic E-state index is 13.2. The summed E-state index contributed by atoms with van der Waals surface area (Å²) in [5.74, 6) is -5.73. The van der Waals surface area contributed by atoms with Gasteiger partial charge in [0, 0.05) is 42.4 Å². The van der Waals surface area contributed by atoms with Crippen LogP contribution in [0.2, 0.25) is 0 Å². The zero-order valence-electron chi connectivity index (χ0n) is 23.2. The lowest BCUT2D eigenvalue weighted by atomic mass is 9.90. The van der Waals surface area contributed by atoms with E-state index in [1.165, 1.54) is 29.7 Å². The fraction of sp³-hybridized carbons (Fsp3) is 0.360. The Hall–Kier alpha value is -4.63. The molecule has 0 radical (unpaired) electrons. The van der Waals surface area contributed by atoms with E-state index in [0.29, 0.717) is 36.9 Å². The van der Waals surface area contributed by atoms with Gasteiger partial charge in [0.05, 0.1) is 28.7 Å². The molecule has 5 rings (SSSR count). The van der Waals surface area contributed by atoms with Gasteiger partial charge >= 0.3 is 18.0 Å². The normalized spacial score (nSPS) is 20.8. The summed E-state index contributed by atoms with van der Waals surface area (Å²) >= 11 is 6.07. The van der Waals surface area contributed by atoms with E-state index in [0.717, 1.165) is 12.4 Å². The zero-order valence-corrected chi connectivity index (χ0v) is 23.9. The minimum Gasteiger partial charge on any atom is -0.479 e. The molecule has 1 fully saturated rings. The number of nitrogens with zero attached hydrogens (tertiary/aromatic N) is 7. The van der Waals surface area contributed by atoms with Crippen LogP contribution in [0.3, 0.4) is 0 Å². The molecule has 0 aromatic carbocycles. The summed E-state index contributed by atoms with van der Waals surface area (Å²) in [6.45, 7) is -0.871. The molecule has 3 aromatic rings. The van der Waals surface area contributed by atoms with Crippen molar-refractivity contribution in [3.05, 3.63) is 53.5 Å². The average Bonchev–Trinajstić information content (AvgIpc) is 3.00. The molecule has 1 aliphatic carbocycles. The van der Waals surface area contributed by atoms with E-state index in [1.54, 1.807) is 0 Å². The second-order valence-electron chi connectivity index (χ2n) is 10.1. The fourth-order valence-corrected chi connectivity index (χ4v) is 4.86. The lowest BCUT2D eigenvalue weighted by Gasteiger charge is -2.36. The van der Waals surface area contributed by atoms with E-state index >= 15 is 0 Å². The number of urea groups is 1. The van der Waals surface area contributed by atoms with Gasteiger partial charge in [-0.1, -0.05) is 11.6 Å². The molecule has 238 valence electrons. The van der Waals surface area contributed by atoms with Gasteiger partial charge in [0.2, 0.25) is 5.95 Å². The molecule has 1 aliphatic heterocycles. The lowest BCUT2D eigenvalue weighted by molar-refractivity contribution is -0.369. The first-order valence-electron chi connectivity index (χ1n) is 13.4. The Morgan fingerprint density at radius 3 is 2.42 bits per heavy atom. The molecule has 0 atom stereocenters. The summed E-state index contributed by atoms with van der Waals surface area (Å²) < 4.78 is 0. The van der Waals surface area contributed by atoms with Crippen LogP contribution < -0.4 is 21.0 Å². The molecule has 10 N–H and O–H groups in total. The third-order valence-corrected chi connectivity index (χ3v) is 7.21. The first-order valence-corrected chi connectivity index (χ1v) is 13.7. The predicted octanol–water partition coefficient (Wildman–Crippen LogP) is -0.923. The van der Waals surface area contributed by atoms with Crippen LogP contribution >= 0.6 is 11.6 Å². The highest BCUT2D eigenvalue weighted by Crippen LogP contribution is 2.30. The molecule has 1 saturated carbocycles. The number of carbonyl (C=O) groups excluding carboxylic acids is 1. The predicted molar refractivity (Wildman–Crippen MR) is 153 cm³/mol. The molecule has 0 spiro atoms. The number of allylic oxidation sites excluding steroid dienone is 1. The summed E-state index contributed by atoms with van der Waals surface area (Å²) in [6.07, 6.45) is 9.49. The Balaban J connectivity index is 1.31. The monoisotopic (exact) mass is 645 g/mol. The Kier molecular flexibility index (Phi) is 9.02. The fourth-order valence-electron chi connectivity index (χ4n) is 4.73. The maximum atomic E-state index is 13.2. The summed E-state index contributed by atoms with van der Waals surface area (Å²) in [7, 11) is 0. The van der Waals surface area contributed by atoms with E-state index in [-0.39, 0.29) is 39.8 Å². The zero-order chi connectivity index (χ0) is 32.4. The number of hydrogen-bond acceptors (Lipinski definition) is 17. The number of anilines is 2. The van der Waals surface area contributed by atoms with E-state index in [2.05, 4.69) is 46.0 Å². The van der Waals surface area contributed by atoms with Crippen molar-refractivity contribution in [1.29, 1.82) is 5.41 Å². The van der Waals surface area contributed by atoms with Crippen molar-refractivity contribution >= 4 is 35.1 Å². The molecule has 20 heteroatoms. The number of aromatic hydroxyl groups is 1. The number of rotatable bonds is 7. The number of aliphatic hydroxyl groups is 5. The Morgan fingerprint density at radius 1 is 1.07 bits per heavy atom.